The largest absolute Gasteiger partial charge is 0.489 e. The number of rotatable bonds is 6. The van der Waals surface area contributed by atoms with Crippen LogP contribution in [-0.2, 0) is 18.0 Å². The Morgan fingerprint density at radius 2 is 1.90 bits per heavy atom. The van der Waals surface area contributed by atoms with Gasteiger partial charge < -0.3 is 9.47 Å². The topological polar surface area (TPSA) is 61.6 Å². The number of methoxy groups -OCH3 is 1. The standard InChI is InChI=1S/C15H14BrNO4/c1-20-9-11-3-2-4-13(7-11)21-10-12-5-6-14(16)15(8-12)17(18)19/h2-8H,9-10H2,1H3. The molecule has 2 rings (SSSR count). The van der Waals surface area contributed by atoms with E-state index in [1.54, 1.807) is 19.2 Å². The summed E-state index contributed by atoms with van der Waals surface area (Å²) >= 11 is 3.16. The molecule has 0 radical (unpaired) electrons. The fourth-order valence-electron chi connectivity index (χ4n) is 1.85. The third-order valence-corrected chi connectivity index (χ3v) is 3.49. The molecule has 0 unspecified atom stereocenters. The average molecular weight is 352 g/mol. The first kappa shape index (κ1) is 15.5. The Kier molecular flexibility index (Phi) is 5.30. The van der Waals surface area contributed by atoms with Crippen LogP contribution in [0.3, 0.4) is 0 Å². The lowest BCUT2D eigenvalue weighted by molar-refractivity contribution is -0.385. The predicted octanol–water partition coefficient (Wildman–Crippen LogP) is 4.08. The van der Waals surface area contributed by atoms with Crippen LogP contribution in [0.2, 0.25) is 0 Å². The van der Waals surface area contributed by atoms with Crippen LogP contribution in [0.5, 0.6) is 5.75 Å². The molecule has 6 heteroatoms. The first-order valence-corrected chi connectivity index (χ1v) is 7.03. The first-order chi connectivity index (χ1) is 10.1. The molecular weight excluding hydrogens is 338 g/mol. The Hall–Kier alpha value is -1.92. The van der Waals surface area contributed by atoms with Gasteiger partial charge >= 0.3 is 0 Å². The van der Waals surface area contributed by atoms with Crippen molar-refractivity contribution in [2.45, 2.75) is 13.2 Å². The van der Waals surface area contributed by atoms with Crippen molar-refractivity contribution in [3.05, 3.63) is 68.2 Å². The van der Waals surface area contributed by atoms with E-state index in [9.17, 15) is 10.1 Å². The van der Waals surface area contributed by atoms with Gasteiger partial charge in [0, 0.05) is 13.2 Å². The van der Waals surface area contributed by atoms with Crippen molar-refractivity contribution in [1.82, 2.24) is 0 Å². The summed E-state index contributed by atoms with van der Waals surface area (Å²) in [6.45, 7) is 0.783. The lowest BCUT2D eigenvalue weighted by atomic mass is 10.2. The summed E-state index contributed by atoms with van der Waals surface area (Å²) < 4.78 is 11.2. The van der Waals surface area contributed by atoms with Crippen LogP contribution in [0.1, 0.15) is 11.1 Å². The number of nitro groups is 1. The van der Waals surface area contributed by atoms with Crippen LogP contribution in [0, 0.1) is 10.1 Å². The summed E-state index contributed by atoms with van der Waals surface area (Å²) in [4.78, 5) is 10.5. The third kappa shape index (κ3) is 4.27. The van der Waals surface area contributed by atoms with Crippen molar-refractivity contribution in [3.63, 3.8) is 0 Å². The third-order valence-electron chi connectivity index (χ3n) is 2.82. The molecule has 0 saturated heterocycles. The van der Waals surface area contributed by atoms with Gasteiger partial charge in [-0.1, -0.05) is 18.2 Å². The van der Waals surface area contributed by atoms with Crippen molar-refractivity contribution in [1.29, 1.82) is 0 Å². The van der Waals surface area contributed by atoms with Gasteiger partial charge in [-0.05, 0) is 45.3 Å². The van der Waals surface area contributed by atoms with Gasteiger partial charge in [-0.3, -0.25) is 10.1 Å². The highest BCUT2D eigenvalue weighted by atomic mass is 79.9. The summed E-state index contributed by atoms with van der Waals surface area (Å²) in [5.74, 6) is 0.704. The predicted molar refractivity (Wildman–Crippen MR) is 82.3 cm³/mol. The Balaban J connectivity index is 2.07. The SMILES string of the molecule is COCc1cccc(OCc2ccc(Br)c([N+](=O)[O-])c2)c1. The van der Waals surface area contributed by atoms with E-state index in [4.69, 9.17) is 9.47 Å². The van der Waals surface area contributed by atoms with Gasteiger partial charge in [-0.15, -0.1) is 0 Å². The van der Waals surface area contributed by atoms with Crippen LogP contribution < -0.4 is 4.74 Å². The summed E-state index contributed by atoms with van der Waals surface area (Å²) in [7, 11) is 1.63. The normalized spacial score (nSPS) is 10.4. The molecule has 0 amide bonds. The van der Waals surface area contributed by atoms with E-state index < -0.39 is 4.92 Å². The molecule has 0 aliphatic heterocycles. The number of hydrogen-bond acceptors (Lipinski definition) is 4. The molecule has 21 heavy (non-hydrogen) atoms. The highest BCUT2D eigenvalue weighted by Gasteiger charge is 2.12. The monoisotopic (exact) mass is 351 g/mol. The Bertz CT molecular complexity index is 645. The van der Waals surface area contributed by atoms with Crippen LogP contribution in [0.4, 0.5) is 5.69 Å². The Morgan fingerprint density at radius 1 is 1.14 bits per heavy atom. The van der Waals surface area contributed by atoms with Crippen molar-refractivity contribution >= 4 is 21.6 Å². The van der Waals surface area contributed by atoms with Gasteiger partial charge in [0.2, 0.25) is 0 Å². The minimum absolute atomic E-state index is 0.0317. The van der Waals surface area contributed by atoms with E-state index in [1.165, 1.54) is 6.07 Å². The zero-order chi connectivity index (χ0) is 15.2. The number of benzene rings is 2. The van der Waals surface area contributed by atoms with E-state index in [1.807, 2.05) is 24.3 Å². The van der Waals surface area contributed by atoms with Crippen LogP contribution in [0.15, 0.2) is 46.9 Å². The quantitative estimate of drug-likeness (QED) is 0.581. The van der Waals surface area contributed by atoms with Crippen molar-refractivity contribution in [2.24, 2.45) is 0 Å². The van der Waals surface area contributed by atoms with E-state index >= 15 is 0 Å². The van der Waals surface area contributed by atoms with Crippen molar-refractivity contribution < 1.29 is 14.4 Å². The first-order valence-electron chi connectivity index (χ1n) is 6.23. The summed E-state index contributed by atoms with van der Waals surface area (Å²) in [5, 5.41) is 10.9. The molecule has 0 atom stereocenters. The lowest BCUT2D eigenvalue weighted by Gasteiger charge is -2.08. The van der Waals surface area contributed by atoms with Crippen LogP contribution in [-0.4, -0.2) is 12.0 Å². The van der Waals surface area contributed by atoms with Gasteiger partial charge in [0.25, 0.3) is 5.69 Å². The summed E-state index contributed by atoms with van der Waals surface area (Å²) in [6, 6.07) is 12.5. The Labute approximate surface area is 130 Å². The maximum absolute atomic E-state index is 10.9. The molecule has 2 aromatic rings. The highest BCUT2D eigenvalue weighted by Crippen LogP contribution is 2.26. The zero-order valence-electron chi connectivity index (χ0n) is 11.4. The second kappa shape index (κ2) is 7.19. The lowest BCUT2D eigenvalue weighted by Crippen LogP contribution is -1.98. The van der Waals surface area contributed by atoms with Gasteiger partial charge in [0.1, 0.15) is 12.4 Å². The minimum atomic E-state index is -0.424. The van der Waals surface area contributed by atoms with Crippen molar-refractivity contribution in [2.75, 3.05) is 7.11 Å². The molecular formula is C15H14BrNO4. The van der Waals surface area contributed by atoms with E-state index in [0.717, 1.165) is 11.1 Å². The minimum Gasteiger partial charge on any atom is -0.489 e. The molecule has 0 fully saturated rings. The molecule has 0 bridgehead atoms. The number of halogens is 1. The van der Waals surface area contributed by atoms with Gasteiger partial charge in [0.15, 0.2) is 0 Å². The smallest absolute Gasteiger partial charge is 0.283 e. The number of nitrogens with zero attached hydrogens (tertiary/aromatic N) is 1. The number of hydrogen-bond donors (Lipinski definition) is 0. The molecule has 0 aliphatic rings. The molecule has 0 heterocycles. The van der Waals surface area contributed by atoms with Gasteiger partial charge in [-0.2, -0.15) is 0 Å². The molecule has 0 saturated carbocycles. The molecule has 110 valence electrons. The molecule has 0 spiro atoms. The summed E-state index contributed by atoms with van der Waals surface area (Å²) in [6.07, 6.45) is 0. The maximum Gasteiger partial charge on any atom is 0.283 e. The fourth-order valence-corrected chi connectivity index (χ4v) is 2.24. The van der Waals surface area contributed by atoms with E-state index in [-0.39, 0.29) is 12.3 Å². The second-order valence-corrected chi connectivity index (χ2v) is 5.27. The highest BCUT2D eigenvalue weighted by molar-refractivity contribution is 9.10. The fraction of sp³-hybridized carbons (Fsp3) is 0.200. The van der Waals surface area contributed by atoms with Crippen LogP contribution in [0.25, 0.3) is 0 Å². The zero-order valence-corrected chi connectivity index (χ0v) is 13.0. The van der Waals surface area contributed by atoms with Crippen molar-refractivity contribution in [3.8, 4) is 5.75 Å². The number of ether oxygens (including phenoxy) is 2. The van der Waals surface area contributed by atoms with Gasteiger partial charge in [0.05, 0.1) is 16.0 Å². The molecule has 0 aromatic heterocycles. The molecule has 2 aromatic carbocycles. The van der Waals surface area contributed by atoms with Gasteiger partial charge in [-0.25, -0.2) is 0 Å². The van der Waals surface area contributed by atoms with Crippen LogP contribution >= 0.6 is 15.9 Å². The second-order valence-electron chi connectivity index (χ2n) is 4.41. The summed E-state index contributed by atoms with van der Waals surface area (Å²) in [5.41, 5.74) is 1.78. The Morgan fingerprint density at radius 3 is 2.62 bits per heavy atom. The van der Waals surface area contributed by atoms with E-state index in [0.29, 0.717) is 16.8 Å². The number of nitro benzene ring substituents is 1. The average Bonchev–Trinajstić information content (AvgIpc) is 2.47. The maximum atomic E-state index is 10.9. The molecule has 0 aliphatic carbocycles. The van der Waals surface area contributed by atoms with E-state index in [2.05, 4.69) is 15.9 Å². The molecule has 5 nitrogen and oxygen atoms in total. The molecule has 0 N–H and O–H groups in total.